The highest BCUT2D eigenvalue weighted by molar-refractivity contribution is 6.04. The minimum absolute atomic E-state index is 0.0129. The van der Waals surface area contributed by atoms with Gasteiger partial charge in [0.15, 0.2) is 17.0 Å². The van der Waals surface area contributed by atoms with Crippen molar-refractivity contribution in [3.8, 4) is 0 Å². The third-order valence-corrected chi connectivity index (χ3v) is 10.6. The van der Waals surface area contributed by atoms with Crippen molar-refractivity contribution in [3.05, 3.63) is 103 Å². The summed E-state index contributed by atoms with van der Waals surface area (Å²) < 4.78 is 1.65. The van der Waals surface area contributed by atoms with E-state index in [0.29, 0.717) is 54.7 Å². The summed E-state index contributed by atoms with van der Waals surface area (Å²) in [6, 6.07) is 19.4. The SMILES string of the molecule is O=C(Nc1cccnc1)N[C@@H]1CCN(c2nc(NCC(c3ccccc3)c3ccccc3)c3ncn([C@@H]4C[C@H](N5C(=O)NC(CO)C5=O)[C@@H](O)[C@H]4O)c3n2)C1. The number of carbonyl (C=O) groups excluding carboxylic acids is 3. The lowest BCUT2D eigenvalue weighted by atomic mass is 9.91. The smallest absolute Gasteiger partial charge is 0.325 e. The van der Waals surface area contributed by atoms with E-state index >= 15 is 0 Å². The quantitative estimate of drug-likeness (QED) is 0.0962. The summed E-state index contributed by atoms with van der Waals surface area (Å²) in [6.45, 7) is 0.824. The number of hydrogen-bond donors (Lipinski definition) is 7. The zero-order valence-electron chi connectivity index (χ0n) is 29.6. The van der Waals surface area contributed by atoms with Crippen LogP contribution in [0.5, 0.6) is 0 Å². The highest BCUT2D eigenvalue weighted by Crippen LogP contribution is 2.38. The van der Waals surface area contributed by atoms with Gasteiger partial charge < -0.3 is 46.1 Å². The van der Waals surface area contributed by atoms with Crippen molar-refractivity contribution in [2.45, 2.75) is 55.1 Å². The number of pyridine rings is 1. The molecule has 5 heterocycles. The first kappa shape index (κ1) is 35.8. The summed E-state index contributed by atoms with van der Waals surface area (Å²) in [7, 11) is 0. The van der Waals surface area contributed by atoms with E-state index in [9.17, 15) is 29.7 Å². The lowest BCUT2D eigenvalue weighted by Crippen LogP contribution is -2.47. The van der Waals surface area contributed by atoms with Crippen molar-refractivity contribution in [3.63, 3.8) is 0 Å². The molecule has 0 bridgehead atoms. The average molecular weight is 748 g/mol. The molecule has 17 nitrogen and oxygen atoms in total. The fourth-order valence-electron chi connectivity index (χ4n) is 7.76. The lowest BCUT2D eigenvalue weighted by Gasteiger charge is -2.24. The van der Waals surface area contributed by atoms with E-state index in [0.717, 1.165) is 16.0 Å². The highest BCUT2D eigenvalue weighted by atomic mass is 16.3. The Morgan fingerprint density at radius 2 is 1.67 bits per heavy atom. The van der Waals surface area contributed by atoms with Gasteiger partial charge in [-0.25, -0.2) is 14.6 Å². The minimum atomic E-state index is -1.46. The van der Waals surface area contributed by atoms with Crippen LogP contribution in [0.3, 0.4) is 0 Å². The van der Waals surface area contributed by atoms with Gasteiger partial charge in [0.2, 0.25) is 5.95 Å². The zero-order valence-corrected chi connectivity index (χ0v) is 29.6. The van der Waals surface area contributed by atoms with Crippen molar-refractivity contribution in [2.75, 3.05) is 41.8 Å². The maximum atomic E-state index is 12.9. The second kappa shape index (κ2) is 15.3. The molecule has 0 radical (unpaired) electrons. The van der Waals surface area contributed by atoms with Crippen LogP contribution in [0.25, 0.3) is 11.2 Å². The van der Waals surface area contributed by atoms with Gasteiger partial charge in [-0.05, 0) is 36.1 Å². The van der Waals surface area contributed by atoms with Gasteiger partial charge in [-0.1, -0.05) is 60.7 Å². The molecule has 1 unspecified atom stereocenters. The second-order valence-corrected chi connectivity index (χ2v) is 14.0. The molecule has 55 heavy (non-hydrogen) atoms. The zero-order chi connectivity index (χ0) is 38.1. The predicted octanol–water partition coefficient (Wildman–Crippen LogP) is 1.81. The highest BCUT2D eigenvalue weighted by Gasteiger charge is 2.52. The Morgan fingerprint density at radius 3 is 2.35 bits per heavy atom. The van der Waals surface area contributed by atoms with E-state index in [4.69, 9.17) is 9.97 Å². The summed E-state index contributed by atoms with van der Waals surface area (Å²) in [5.41, 5.74) is 3.58. The number of anilines is 3. The number of aliphatic hydroxyl groups excluding tert-OH is 3. The number of hydrogen-bond acceptors (Lipinski definition) is 12. The first-order valence-corrected chi connectivity index (χ1v) is 18.2. The van der Waals surface area contributed by atoms with Crippen molar-refractivity contribution < 1.29 is 29.7 Å². The van der Waals surface area contributed by atoms with Gasteiger partial charge in [0.25, 0.3) is 5.91 Å². The molecule has 17 heteroatoms. The van der Waals surface area contributed by atoms with Crippen LogP contribution in [0.15, 0.2) is 91.5 Å². The Bertz CT molecular complexity index is 2120. The molecule has 1 aliphatic carbocycles. The fraction of sp³-hybridized carbons (Fsp3) is 0.342. The van der Waals surface area contributed by atoms with Crippen LogP contribution in [0.4, 0.5) is 27.0 Å². The fourth-order valence-corrected chi connectivity index (χ4v) is 7.76. The van der Waals surface area contributed by atoms with Crippen molar-refractivity contribution in [2.24, 2.45) is 0 Å². The molecule has 3 aliphatic rings. The Balaban J connectivity index is 1.10. The molecule has 5 amide bonds. The van der Waals surface area contributed by atoms with E-state index in [1.807, 2.05) is 41.3 Å². The summed E-state index contributed by atoms with van der Waals surface area (Å²) in [6.07, 6.45) is 2.50. The number of amides is 5. The Morgan fingerprint density at radius 1 is 0.945 bits per heavy atom. The van der Waals surface area contributed by atoms with Crippen LogP contribution in [0.1, 0.15) is 35.9 Å². The number of urea groups is 2. The topological polar surface area (TPSA) is 223 Å². The number of benzene rings is 2. The van der Waals surface area contributed by atoms with E-state index in [1.165, 1.54) is 6.33 Å². The Kier molecular flexibility index (Phi) is 9.96. The number of nitrogens with zero attached hydrogens (tertiary/aromatic N) is 7. The van der Waals surface area contributed by atoms with E-state index in [-0.39, 0.29) is 24.4 Å². The number of fused-ring (bicyclic) bond motifs is 1. The molecular weight excluding hydrogens is 706 g/mol. The Labute approximate surface area is 315 Å². The second-order valence-electron chi connectivity index (χ2n) is 14.0. The van der Waals surface area contributed by atoms with Crippen LogP contribution < -0.4 is 26.2 Å². The number of aliphatic hydroxyl groups is 3. The summed E-state index contributed by atoms with van der Waals surface area (Å²) in [5.74, 6) is 0.102. The molecular formula is C38H41N11O6. The van der Waals surface area contributed by atoms with Crippen LogP contribution in [-0.4, -0.2) is 119 Å². The van der Waals surface area contributed by atoms with Gasteiger partial charge in [0.05, 0.1) is 36.9 Å². The standard InChI is InChI=1S/C38H41N11O6/c50-20-27-35(53)49(38(55)44-27)29-16-28(31(51)32(29)52)48-21-41-30-33(40-18-26(22-8-3-1-4-9-22)23-10-5-2-6-11-23)45-36(46-34(30)48)47-15-13-25(19-47)43-37(54)42-24-12-7-14-39-17-24/h1-12,14,17,21,25-29,31-32,50-52H,13,15-16,18-20H2,(H,44,55)(H,40,45,46)(H2,42,43,54)/t25-,27?,28-,29+,31+,32-/m1/s1. The number of carbonyl (C=O) groups is 3. The largest absolute Gasteiger partial charge is 0.394 e. The molecule has 2 saturated heterocycles. The molecule has 8 rings (SSSR count). The van der Waals surface area contributed by atoms with Gasteiger partial charge in [0, 0.05) is 37.8 Å². The predicted molar refractivity (Wildman–Crippen MR) is 201 cm³/mol. The molecule has 3 fully saturated rings. The number of imide groups is 1. The van der Waals surface area contributed by atoms with Crippen molar-refractivity contribution in [1.29, 1.82) is 0 Å². The monoisotopic (exact) mass is 747 g/mol. The van der Waals surface area contributed by atoms with Crippen molar-refractivity contribution >= 4 is 46.6 Å². The van der Waals surface area contributed by atoms with Gasteiger partial charge >= 0.3 is 12.1 Å². The molecule has 2 aliphatic heterocycles. The maximum Gasteiger partial charge on any atom is 0.325 e. The van der Waals surface area contributed by atoms with Crippen LogP contribution in [0.2, 0.25) is 0 Å². The number of aromatic nitrogens is 5. The van der Waals surface area contributed by atoms with E-state index in [1.54, 1.807) is 29.1 Å². The van der Waals surface area contributed by atoms with Crippen LogP contribution in [0, 0.1) is 0 Å². The average Bonchev–Trinajstić information content (AvgIpc) is 3.98. The maximum absolute atomic E-state index is 12.9. The summed E-state index contributed by atoms with van der Waals surface area (Å²) in [4.78, 5) is 60.0. The number of imidazole rings is 1. The van der Waals surface area contributed by atoms with Crippen LogP contribution in [-0.2, 0) is 4.79 Å². The summed E-state index contributed by atoms with van der Waals surface area (Å²) >= 11 is 0. The van der Waals surface area contributed by atoms with E-state index in [2.05, 4.69) is 55.5 Å². The van der Waals surface area contributed by atoms with Gasteiger partial charge in [-0.2, -0.15) is 9.97 Å². The van der Waals surface area contributed by atoms with Crippen LogP contribution >= 0.6 is 0 Å². The molecule has 6 atom stereocenters. The molecule has 3 aromatic heterocycles. The number of nitrogens with one attached hydrogen (secondary N) is 4. The van der Waals surface area contributed by atoms with Gasteiger partial charge in [-0.3, -0.25) is 14.7 Å². The molecule has 7 N–H and O–H groups in total. The lowest BCUT2D eigenvalue weighted by molar-refractivity contribution is -0.131. The van der Waals surface area contributed by atoms with Gasteiger partial charge in [-0.15, -0.1) is 0 Å². The number of rotatable bonds is 11. The molecule has 2 aromatic carbocycles. The van der Waals surface area contributed by atoms with Crippen molar-refractivity contribution in [1.82, 2.24) is 40.0 Å². The first-order valence-electron chi connectivity index (χ1n) is 18.2. The normalized spacial score (nSPS) is 23.8. The molecule has 5 aromatic rings. The summed E-state index contributed by atoms with van der Waals surface area (Å²) in [5, 5.41) is 43.9. The van der Waals surface area contributed by atoms with E-state index < -0.39 is 48.9 Å². The molecule has 284 valence electrons. The Hall–Kier alpha value is -6.17. The molecule has 1 saturated carbocycles. The molecule has 0 spiro atoms. The third kappa shape index (κ3) is 7.11. The first-order chi connectivity index (χ1) is 26.8. The van der Waals surface area contributed by atoms with Gasteiger partial charge in [0.1, 0.15) is 18.2 Å². The minimum Gasteiger partial charge on any atom is -0.394 e. The third-order valence-electron chi connectivity index (χ3n) is 10.6.